The van der Waals surface area contributed by atoms with Crippen LogP contribution in [0, 0.1) is 0 Å². The Hall–Kier alpha value is -1.96. The lowest BCUT2D eigenvalue weighted by Gasteiger charge is -2.11. The Labute approximate surface area is 159 Å². The van der Waals surface area contributed by atoms with E-state index in [2.05, 4.69) is 21.8 Å². The molecule has 25 heavy (non-hydrogen) atoms. The van der Waals surface area contributed by atoms with E-state index in [1.54, 1.807) is 23.1 Å². The van der Waals surface area contributed by atoms with E-state index in [9.17, 15) is 4.79 Å². The first kappa shape index (κ1) is 17.8. The number of thioether (sulfide) groups is 1. The Balaban J connectivity index is 1.95. The standard InChI is InChI=1S/C17H15ClN4OS2/c1-3-9-22-15(23)13(10-11-7-5-6-8-12(11)18)24-17(22)19-16-21-20-14(4-2)25-16/h3,5-8,10H,1,4,9H2,2H3/b13-10+,19-17?. The molecule has 1 aliphatic rings. The number of hydrogen-bond donors (Lipinski definition) is 0. The van der Waals surface area contributed by atoms with E-state index in [1.807, 2.05) is 25.1 Å². The Kier molecular flexibility index (Phi) is 5.67. The maximum Gasteiger partial charge on any atom is 0.267 e. The molecule has 128 valence electrons. The van der Waals surface area contributed by atoms with Gasteiger partial charge in [-0.1, -0.05) is 54.1 Å². The van der Waals surface area contributed by atoms with Gasteiger partial charge in [0.2, 0.25) is 5.13 Å². The molecule has 1 saturated heterocycles. The molecule has 0 bridgehead atoms. The van der Waals surface area contributed by atoms with Gasteiger partial charge in [0.25, 0.3) is 5.91 Å². The zero-order chi connectivity index (χ0) is 17.8. The number of benzene rings is 1. The average molecular weight is 391 g/mol. The minimum atomic E-state index is -0.121. The number of aryl methyl sites for hydroxylation is 1. The maximum atomic E-state index is 12.7. The molecule has 8 heteroatoms. The third kappa shape index (κ3) is 4.00. The van der Waals surface area contributed by atoms with Gasteiger partial charge in [-0.3, -0.25) is 9.69 Å². The topological polar surface area (TPSA) is 58.5 Å². The number of amides is 1. The summed E-state index contributed by atoms with van der Waals surface area (Å²) in [7, 11) is 0. The molecule has 3 rings (SSSR count). The molecule has 0 N–H and O–H groups in total. The number of rotatable bonds is 5. The van der Waals surface area contributed by atoms with Crippen molar-refractivity contribution in [3.63, 3.8) is 0 Å². The van der Waals surface area contributed by atoms with Crippen LogP contribution in [0.25, 0.3) is 6.08 Å². The van der Waals surface area contributed by atoms with Gasteiger partial charge < -0.3 is 0 Å². The molecule has 2 heterocycles. The number of carbonyl (C=O) groups excluding carboxylic acids is 1. The van der Waals surface area contributed by atoms with E-state index < -0.39 is 0 Å². The number of halogens is 1. The Bertz CT molecular complexity index is 875. The summed E-state index contributed by atoms with van der Waals surface area (Å²) in [6.45, 7) is 6.11. The van der Waals surface area contributed by atoms with E-state index in [4.69, 9.17) is 11.6 Å². The SMILES string of the molecule is C=CCN1C(=O)/C(=C\c2ccccc2Cl)SC1=Nc1nnc(CC)s1. The maximum absolute atomic E-state index is 12.7. The average Bonchev–Trinajstić information content (AvgIpc) is 3.17. The fourth-order valence-corrected chi connectivity index (χ4v) is 4.01. The Morgan fingerprint density at radius 2 is 2.16 bits per heavy atom. The summed E-state index contributed by atoms with van der Waals surface area (Å²) >= 11 is 8.91. The first-order chi connectivity index (χ1) is 12.1. The van der Waals surface area contributed by atoms with Gasteiger partial charge in [0, 0.05) is 11.6 Å². The lowest BCUT2D eigenvalue weighted by Crippen LogP contribution is -2.29. The van der Waals surface area contributed by atoms with Crippen LogP contribution in [0.3, 0.4) is 0 Å². The van der Waals surface area contributed by atoms with E-state index in [0.717, 1.165) is 17.0 Å². The molecule has 1 aromatic heterocycles. The minimum Gasteiger partial charge on any atom is -0.282 e. The molecule has 0 atom stereocenters. The van der Waals surface area contributed by atoms with Gasteiger partial charge in [-0.15, -0.1) is 16.8 Å². The number of aromatic nitrogens is 2. The number of aliphatic imine (C=N–C) groups is 1. The fourth-order valence-electron chi connectivity index (χ4n) is 2.13. The summed E-state index contributed by atoms with van der Waals surface area (Å²) in [5.41, 5.74) is 0.795. The first-order valence-electron chi connectivity index (χ1n) is 7.60. The van der Waals surface area contributed by atoms with E-state index in [1.165, 1.54) is 23.1 Å². The Morgan fingerprint density at radius 3 is 2.84 bits per heavy atom. The normalized spacial score (nSPS) is 17.7. The van der Waals surface area contributed by atoms with Crippen molar-refractivity contribution in [3.05, 3.63) is 57.4 Å². The van der Waals surface area contributed by atoms with Crippen LogP contribution in [0.2, 0.25) is 5.02 Å². The van der Waals surface area contributed by atoms with Gasteiger partial charge >= 0.3 is 0 Å². The summed E-state index contributed by atoms with van der Waals surface area (Å²) in [5.74, 6) is -0.121. The highest BCUT2D eigenvalue weighted by Crippen LogP contribution is 2.35. The van der Waals surface area contributed by atoms with Gasteiger partial charge in [0.15, 0.2) is 5.17 Å². The van der Waals surface area contributed by atoms with Crippen LogP contribution in [-0.2, 0) is 11.2 Å². The van der Waals surface area contributed by atoms with Crippen molar-refractivity contribution >= 4 is 57.0 Å². The summed E-state index contributed by atoms with van der Waals surface area (Å²) in [6, 6.07) is 7.40. The second-order valence-electron chi connectivity index (χ2n) is 5.06. The van der Waals surface area contributed by atoms with Crippen LogP contribution in [0.5, 0.6) is 0 Å². The van der Waals surface area contributed by atoms with Gasteiger partial charge in [0.05, 0.1) is 4.91 Å². The van der Waals surface area contributed by atoms with E-state index >= 15 is 0 Å². The molecule has 1 amide bonds. The van der Waals surface area contributed by atoms with Gasteiger partial charge in [-0.25, -0.2) is 0 Å². The highest BCUT2D eigenvalue weighted by atomic mass is 35.5. The van der Waals surface area contributed by atoms with Gasteiger partial charge in [-0.2, -0.15) is 4.99 Å². The highest BCUT2D eigenvalue weighted by Gasteiger charge is 2.33. The molecule has 1 aliphatic heterocycles. The monoisotopic (exact) mass is 390 g/mol. The lowest BCUT2D eigenvalue weighted by atomic mass is 10.2. The third-order valence-corrected chi connectivity index (χ3v) is 5.65. The molecule has 5 nitrogen and oxygen atoms in total. The number of hydrogen-bond acceptors (Lipinski definition) is 6. The molecule has 0 radical (unpaired) electrons. The van der Waals surface area contributed by atoms with Crippen LogP contribution in [0.1, 0.15) is 17.5 Å². The summed E-state index contributed by atoms with van der Waals surface area (Å²) < 4.78 is 0. The fraction of sp³-hybridized carbons (Fsp3) is 0.176. The molecular weight excluding hydrogens is 376 g/mol. The number of nitrogens with zero attached hydrogens (tertiary/aromatic N) is 4. The zero-order valence-electron chi connectivity index (χ0n) is 13.5. The Morgan fingerprint density at radius 1 is 1.36 bits per heavy atom. The zero-order valence-corrected chi connectivity index (χ0v) is 15.9. The van der Waals surface area contributed by atoms with Crippen molar-refractivity contribution in [3.8, 4) is 0 Å². The van der Waals surface area contributed by atoms with Crippen LogP contribution >= 0.6 is 34.7 Å². The second-order valence-corrected chi connectivity index (χ2v) is 7.52. The van der Waals surface area contributed by atoms with E-state index in [-0.39, 0.29) is 5.91 Å². The molecule has 0 aliphatic carbocycles. The largest absolute Gasteiger partial charge is 0.282 e. The van der Waals surface area contributed by atoms with Crippen molar-refractivity contribution in [1.82, 2.24) is 15.1 Å². The van der Waals surface area contributed by atoms with Crippen molar-refractivity contribution in [2.45, 2.75) is 13.3 Å². The predicted octanol–water partition coefficient (Wildman–Crippen LogP) is 4.54. The van der Waals surface area contributed by atoms with Crippen molar-refractivity contribution in [2.24, 2.45) is 4.99 Å². The molecule has 1 fully saturated rings. The van der Waals surface area contributed by atoms with Crippen LogP contribution in [0.4, 0.5) is 5.13 Å². The summed E-state index contributed by atoms with van der Waals surface area (Å²) in [6.07, 6.45) is 4.26. The van der Waals surface area contributed by atoms with Crippen LogP contribution < -0.4 is 0 Å². The first-order valence-corrected chi connectivity index (χ1v) is 9.61. The smallest absolute Gasteiger partial charge is 0.267 e. The lowest BCUT2D eigenvalue weighted by molar-refractivity contribution is -0.121. The summed E-state index contributed by atoms with van der Waals surface area (Å²) in [4.78, 5) is 19.3. The third-order valence-electron chi connectivity index (χ3n) is 3.34. The predicted molar refractivity (Wildman–Crippen MR) is 105 cm³/mol. The molecule has 0 saturated carbocycles. The second kappa shape index (κ2) is 7.95. The highest BCUT2D eigenvalue weighted by molar-refractivity contribution is 8.18. The van der Waals surface area contributed by atoms with Crippen LogP contribution in [-0.4, -0.2) is 32.7 Å². The van der Waals surface area contributed by atoms with Gasteiger partial charge in [0.1, 0.15) is 5.01 Å². The van der Waals surface area contributed by atoms with Crippen molar-refractivity contribution in [1.29, 1.82) is 0 Å². The molecule has 0 unspecified atom stereocenters. The van der Waals surface area contributed by atoms with Crippen molar-refractivity contribution in [2.75, 3.05) is 6.54 Å². The van der Waals surface area contributed by atoms with Crippen molar-refractivity contribution < 1.29 is 4.79 Å². The minimum absolute atomic E-state index is 0.121. The molecule has 1 aromatic carbocycles. The van der Waals surface area contributed by atoms with Gasteiger partial charge in [-0.05, 0) is 35.9 Å². The molecule has 2 aromatic rings. The van der Waals surface area contributed by atoms with E-state index in [0.29, 0.717) is 26.8 Å². The number of amidine groups is 1. The number of carbonyl (C=O) groups is 1. The van der Waals surface area contributed by atoms with Crippen LogP contribution in [0.15, 0.2) is 46.8 Å². The molecular formula is C17H15ClN4OS2. The quantitative estimate of drug-likeness (QED) is 0.555. The molecule has 0 spiro atoms. The summed E-state index contributed by atoms with van der Waals surface area (Å²) in [5, 5.41) is 10.7.